The summed E-state index contributed by atoms with van der Waals surface area (Å²) in [5, 5.41) is 3.71. The molecule has 3 aliphatic rings. The molecule has 4 rings (SSSR count). The number of ether oxygens (including phenoxy) is 1. The maximum atomic E-state index is 5.99. The van der Waals surface area contributed by atoms with E-state index in [4.69, 9.17) is 10.5 Å². The topological polar surface area (TPSA) is 47.3 Å². The molecule has 0 amide bonds. The third-order valence-corrected chi connectivity index (χ3v) is 5.37. The van der Waals surface area contributed by atoms with Crippen molar-refractivity contribution in [2.75, 3.05) is 11.1 Å². The van der Waals surface area contributed by atoms with E-state index in [-0.39, 0.29) is 6.10 Å². The Labute approximate surface area is 120 Å². The highest BCUT2D eigenvalue weighted by atomic mass is 16.5. The molecule has 20 heavy (non-hydrogen) atoms. The van der Waals surface area contributed by atoms with Gasteiger partial charge in [0.15, 0.2) is 0 Å². The van der Waals surface area contributed by atoms with Crippen LogP contribution in [0.5, 0.6) is 5.75 Å². The van der Waals surface area contributed by atoms with Gasteiger partial charge in [-0.1, -0.05) is 0 Å². The minimum absolute atomic E-state index is 0.181. The number of anilines is 2. The van der Waals surface area contributed by atoms with Gasteiger partial charge in [0.25, 0.3) is 0 Å². The Bertz CT molecular complexity index is 512. The van der Waals surface area contributed by atoms with Gasteiger partial charge in [-0.05, 0) is 62.8 Å². The first-order valence-corrected chi connectivity index (χ1v) is 7.95. The molecule has 108 valence electrons. The smallest absolute Gasteiger partial charge is 0.123 e. The number of hydrogen-bond donors (Lipinski definition) is 2. The van der Waals surface area contributed by atoms with Gasteiger partial charge in [0.1, 0.15) is 5.75 Å². The van der Waals surface area contributed by atoms with Crippen LogP contribution in [0.1, 0.15) is 33.1 Å². The molecule has 4 unspecified atom stereocenters. The fourth-order valence-corrected chi connectivity index (χ4v) is 4.76. The molecule has 1 aromatic rings. The lowest BCUT2D eigenvalue weighted by Gasteiger charge is -2.15. The molecule has 4 atom stereocenters. The fraction of sp³-hybridized carbons (Fsp3) is 0.647. The summed E-state index contributed by atoms with van der Waals surface area (Å²) < 4.78 is 5.77. The van der Waals surface area contributed by atoms with Crippen molar-refractivity contribution in [2.24, 2.45) is 23.7 Å². The molecule has 3 fully saturated rings. The number of rotatable bonds is 4. The number of fused-ring (bicyclic) bond motifs is 5. The van der Waals surface area contributed by atoms with Crippen LogP contribution in [0.4, 0.5) is 11.4 Å². The highest BCUT2D eigenvalue weighted by Gasteiger charge is 2.64. The van der Waals surface area contributed by atoms with Crippen LogP contribution < -0.4 is 15.8 Å². The zero-order valence-corrected chi connectivity index (χ0v) is 12.3. The summed E-state index contributed by atoms with van der Waals surface area (Å²) in [6.45, 7) is 4.08. The van der Waals surface area contributed by atoms with E-state index < -0.39 is 0 Å². The minimum atomic E-state index is 0.181. The van der Waals surface area contributed by atoms with E-state index in [1.165, 1.54) is 19.3 Å². The average Bonchev–Trinajstić information content (AvgIpc) is 2.77. The van der Waals surface area contributed by atoms with Gasteiger partial charge >= 0.3 is 0 Å². The van der Waals surface area contributed by atoms with E-state index in [0.717, 1.165) is 40.8 Å². The molecule has 0 radical (unpaired) electrons. The van der Waals surface area contributed by atoms with Gasteiger partial charge < -0.3 is 15.8 Å². The average molecular weight is 272 g/mol. The van der Waals surface area contributed by atoms with Crippen molar-refractivity contribution >= 4 is 11.4 Å². The summed E-state index contributed by atoms with van der Waals surface area (Å²) in [6.07, 6.45) is 4.60. The number of nitrogens with one attached hydrogen (secondary N) is 1. The second kappa shape index (κ2) is 4.31. The van der Waals surface area contributed by atoms with Crippen LogP contribution in [0.15, 0.2) is 18.2 Å². The summed E-state index contributed by atoms with van der Waals surface area (Å²) in [5.41, 5.74) is 7.90. The van der Waals surface area contributed by atoms with Gasteiger partial charge in [-0.3, -0.25) is 0 Å². The predicted octanol–water partition coefficient (Wildman–Crippen LogP) is 3.51. The minimum Gasteiger partial charge on any atom is -0.491 e. The predicted molar refractivity (Wildman–Crippen MR) is 81.8 cm³/mol. The summed E-state index contributed by atoms with van der Waals surface area (Å²) in [4.78, 5) is 0. The van der Waals surface area contributed by atoms with Crippen LogP contribution in [0.25, 0.3) is 0 Å². The third kappa shape index (κ3) is 1.95. The van der Waals surface area contributed by atoms with Crippen molar-refractivity contribution in [3.8, 4) is 5.75 Å². The Morgan fingerprint density at radius 3 is 2.50 bits per heavy atom. The Morgan fingerprint density at radius 1 is 1.15 bits per heavy atom. The molecular formula is C17H24N2O. The quantitative estimate of drug-likeness (QED) is 0.825. The second-order valence-corrected chi connectivity index (χ2v) is 7.12. The SMILES string of the molecule is CC(C)Oc1cc(N)cc(NC2C3C4CCC(C4)C23)c1. The van der Waals surface area contributed by atoms with Gasteiger partial charge in [-0.15, -0.1) is 0 Å². The molecule has 1 aromatic carbocycles. The molecule has 0 heterocycles. The maximum Gasteiger partial charge on any atom is 0.123 e. The van der Waals surface area contributed by atoms with Crippen LogP contribution in [0, 0.1) is 23.7 Å². The fourth-order valence-electron chi connectivity index (χ4n) is 4.76. The summed E-state index contributed by atoms with van der Waals surface area (Å²) in [5.74, 6) is 4.73. The monoisotopic (exact) mass is 272 g/mol. The van der Waals surface area contributed by atoms with Crippen molar-refractivity contribution in [3.05, 3.63) is 18.2 Å². The molecule has 0 aromatic heterocycles. The first kappa shape index (κ1) is 12.4. The van der Waals surface area contributed by atoms with Crippen LogP contribution in [-0.4, -0.2) is 12.1 Å². The highest BCUT2D eigenvalue weighted by molar-refractivity contribution is 5.60. The van der Waals surface area contributed by atoms with Crippen LogP contribution in [-0.2, 0) is 0 Å². The van der Waals surface area contributed by atoms with Gasteiger partial charge in [-0.25, -0.2) is 0 Å². The molecule has 2 bridgehead atoms. The van der Waals surface area contributed by atoms with Crippen molar-refractivity contribution < 1.29 is 4.74 Å². The van der Waals surface area contributed by atoms with Gasteiger partial charge in [0.05, 0.1) is 6.10 Å². The zero-order valence-electron chi connectivity index (χ0n) is 12.3. The molecule has 0 spiro atoms. The molecule has 0 saturated heterocycles. The Kier molecular flexibility index (Phi) is 2.66. The lowest BCUT2D eigenvalue weighted by atomic mass is 10.0. The van der Waals surface area contributed by atoms with Gasteiger partial charge in [0, 0.05) is 29.5 Å². The maximum absolute atomic E-state index is 5.99. The molecule has 3 nitrogen and oxygen atoms in total. The van der Waals surface area contributed by atoms with E-state index in [9.17, 15) is 0 Å². The normalized spacial score (nSPS) is 37.0. The third-order valence-electron chi connectivity index (χ3n) is 5.37. The van der Waals surface area contributed by atoms with E-state index in [2.05, 4.69) is 11.4 Å². The standard InChI is InChI=1S/C17H24N2O/c1-9(2)20-14-7-12(18)6-13(8-14)19-17-15-10-3-4-11(5-10)16(15)17/h6-11,15-17,19H,3-5,18H2,1-2H3. The molecule has 0 aliphatic heterocycles. The van der Waals surface area contributed by atoms with Crippen molar-refractivity contribution in [1.29, 1.82) is 0 Å². The van der Waals surface area contributed by atoms with Gasteiger partial charge in [0.2, 0.25) is 0 Å². The van der Waals surface area contributed by atoms with E-state index >= 15 is 0 Å². The first-order valence-electron chi connectivity index (χ1n) is 7.95. The molecule has 3 aliphatic carbocycles. The van der Waals surface area contributed by atoms with Crippen molar-refractivity contribution in [3.63, 3.8) is 0 Å². The van der Waals surface area contributed by atoms with E-state index in [1.54, 1.807) is 0 Å². The van der Waals surface area contributed by atoms with E-state index in [0.29, 0.717) is 6.04 Å². The summed E-state index contributed by atoms with van der Waals surface area (Å²) in [7, 11) is 0. The van der Waals surface area contributed by atoms with Crippen LogP contribution in [0.3, 0.4) is 0 Å². The lowest BCUT2D eigenvalue weighted by molar-refractivity contribution is 0.242. The molecular weight excluding hydrogens is 248 g/mol. The number of hydrogen-bond acceptors (Lipinski definition) is 3. The Hall–Kier alpha value is -1.38. The number of nitrogen functional groups attached to an aromatic ring is 1. The van der Waals surface area contributed by atoms with Gasteiger partial charge in [-0.2, -0.15) is 0 Å². The Balaban J connectivity index is 1.48. The lowest BCUT2D eigenvalue weighted by Crippen LogP contribution is -2.13. The van der Waals surface area contributed by atoms with Crippen LogP contribution >= 0.6 is 0 Å². The number of nitrogens with two attached hydrogens (primary N) is 1. The second-order valence-electron chi connectivity index (χ2n) is 7.12. The summed E-state index contributed by atoms with van der Waals surface area (Å²) >= 11 is 0. The first-order chi connectivity index (χ1) is 9.61. The number of benzene rings is 1. The highest BCUT2D eigenvalue weighted by Crippen LogP contribution is 2.66. The molecule has 3 heteroatoms. The Morgan fingerprint density at radius 2 is 1.85 bits per heavy atom. The van der Waals surface area contributed by atoms with Crippen molar-refractivity contribution in [2.45, 2.75) is 45.3 Å². The largest absolute Gasteiger partial charge is 0.491 e. The molecule has 3 N–H and O–H groups in total. The summed E-state index contributed by atoms with van der Waals surface area (Å²) in [6, 6.07) is 6.72. The van der Waals surface area contributed by atoms with Crippen molar-refractivity contribution in [1.82, 2.24) is 0 Å². The van der Waals surface area contributed by atoms with E-state index in [1.807, 2.05) is 26.0 Å². The zero-order chi connectivity index (χ0) is 13.9. The van der Waals surface area contributed by atoms with Crippen LogP contribution in [0.2, 0.25) is 0 Å². The molecule has 3 saturated carbocycles.